The monoisotopic (exact) mass is 338 g/mol. The van der Waals surface area contributed by atoms with E-state index >= 15 is 0 Å². The Morgan fingerprint density at radius 3 is 3.00 bits per heavy atom. The average Bonchev–Trinajstić information content (AvgIpc) is 2.93. The first-order valence-corrected chi connectivity index (χ1v) is 8.15. The molecule has 7 heteroatoms. The number of nitrogens with one attached hydrogen (secondary N) is 3. The van der Waals surface area contributed by atoms with Crippen LogP contribution in [0.15, 0.2) is 23.1 Å². The molecule has 3 N–H and O–H groups in total. The first-order valence-electron chi connectivity index (χ1n) is 6.92. The largest absolute Gasteiger partial charge is 0.320 e. The van der Waals surface area contributed by atoms with E-state index < -0.39 is 0 Å². The SMILES string of the molecule is CSc1cccc(NC(=O)c2n[nH]c3c2CNCC3)c1C.Cl. The summed E-state index contributed by atoms with van der Waals surface area (Å²) in [6, 6.07) is 5.93. The Labute approximate surface area is 140 Å². The maximum Gasteiger partial charge on any atom is 0.276 e. The predicted octanol–water partition coefficient (Wildman–Crippen LogP) is 2.76. The third kappa shape index (κ3) is 3.14. The van der Waals surface area contributed by atoms with Gasteiger partial charge >= 0.3 is 0 Å². The highest BCUT2D eigenvalue weighted by molar-refractivity contribution is 7.98. The van der Waals surface area contributed by atoms with Gasteiger partial charge in [-0.3, -0.25) is 9.89 Å². The molecule has 1 aromatic carbocycles. The number of anilines is 1. The number of halogens is 1. The first kappa shape index (κ1) is 16.9. The molecule has 0 bridgehead atoms. The van der Waals surface area contributed by atoms with Crippen LogP contribution in [0.4, 0.5) is 5.69 Å². The van der Waals surface area contributed by atoms with Gasteiger partial charge in [0, 0.05) is 41.4 Å². The molecule has 0 atom stereocenters. The summed E-state index contributed by atoms with van der Waals surface area (Å²) in [6.07, 6.45) is 2.92. The number of aromatic nitrogens is 2. The van der Waals surface area contributed by atoms with Crippen molar-refractivity contribution in [1.82, 2.24) is 15.5 Å². The van der Waals surface area contributed by atoms with Crippen LogP contribution >= 0.6 is 24.2 Å². The van der Waals surface area contributed by atoms with Crippen molar-refractivity contribution >= 4 is 35.8 Å². The zero-order chi connectivity index (χ0) is 14.8. The van der Waals surface area contributed by atoms with Gasteiger partial charge in [0.15, 0.2) is 5.69 Å². The molecule has 3 rings (SSSR count). The maximum absolute atomic E-state index is 12.5. The normalized spacial score (nSPS) is 13.2. The molecule has 2 heterocycles. The topological polar surface area (TPSA) is 69.8 Å². The predicted molar refractivity (Wildman–Crippen MR) is 92.2 cm³/mol. The van der Waals surface area contributed by atoms with Crippen LogP contribution in [0.3, 0.4) is 0 Å². The number of thioether (sulfide) groups is 1. The molecule has 0 spiro atoms. The van der Waals surface area contributed by atoms with Crippen LogP contribution in [0.1, 0.15) is 27.3 Å². The van der Waals surface area contributed by atoms with E-state index in [-0.39, 0.29) is 18.3 Å². The lowest BCUT2D eigenvalue weighted by Crippen LogP contribution is -2.25. The summed E-state index contributed by atoms with van der Waals surface area (Å²) in [5.41, 5.74) is 4.46. The van der Waals surface area contributed by atoms with Gasteiger partial charge in [0.05, 0.1) is 0 Å². The Hall–Kier alpha value is -1.50. The highest BCUT2D eigenvalue weighted by atomic mass is 35.5. The van der Waals surface area contributed by atoms with Crippen molar-refractivity contribution < 1.29 is 4.79 Å². The molecule has 1 aliphatic rings. The number of rotatable bonds is 3. The molecule has 22 heavy (non-hydrogen) atoms. The third-order valence-corrected chi connectivity index (χ3v) is 4.66. The van der Waals surface area contributed by atoms with E-state index in [0.29, 0.717) is 12.2 Å². The fourth-order valence-electron chi connectivity index (χ4n) is 2.57. The van der Waals surface area contributed by atoms with E-state index in [4.69, 9.17) is 0 Å². The first-order chi connectivity index (χ1) is 10.2. The van der Waals surface area contributed by atoms with Gasteiger partial charge in [-0.2, -0.15) is 5.10 Å². The molecule has 0 unspecified atom stereocenters. The second-order valence-electron chi connectivity index (χ2n) is 5.04. The minimum absolute atomic E-state index is 0. The van der Waals surface area contributed by atoms with Crippen LogP contribution in [0, 0.1) is 6.92 Å². The summed E-state index contributed by atoms with van der Waals surface area (Å²) in [6.45, 7) is 3.63. The van der Waals surface area contributed by atoms with Crippen molar-refractivity contribution in [2.75, 3.05) is 18.1 Å². The Kier molecular flexibility index (Phi) is 5.50. The van der Waals surface area contributed by atoms with Gasteiger partial charge in [0.1, 0.15) is 0 Å². The average molecular weight is 339 g/mol. The molecule has 2 aromatic rings. The van der Waals surface area contributed by atoms with Crippen molar-refractivity contribution in [3.05, 3.63) is 40.7 Å². The van der Waals surface area contributed by atoms with Gasteiger partial charge in [0.25, 0.3) is 5.91 Å². The molecule has 0 fully saturated rings. The molecule has 0 saturated heterocycles. The quantitative estimate of drug-likeness (QED) is 0.753. The Balaban J connectivity index is 0.00000176. The summed E-state index contributed by atoms with van der Waals surface area (Å²) in [4.78, 5) is 13.6. The lowest BCUT2D eigenvalue weighted by Gasteiger charge is -2.14. The van der Waals surface area contributed by atoms with Crippen LogP contribution in [0.25, 0.3) is 0 Å². The van der Waals surface area contributed by atoms with Crippen molar-refractivity contribution in [2.45, 2.75) is 24.8 Å². The van der Waals surface area contributed by atoms with Gasteiger partial charge in [-0.1, -0.05) is 6.07 Å². The molecular weight excluding hydrogens is 320 g/mol. The van der Waals surface area contributed by atoms with Crippen LogP contribution in [-0.2, 0) is 13.0 Å². The summed E-state index contributed by atoms with van der Waals surface area (Å²) in [5, 5.41) is 13.4. The number of H-pyrrole nitrogens is 1. The highest BCUT2D eigenvalue weighted by Gasteiger charge is 2.22. The van der Waals surface area contributed by atoms with Crippen LogP contribution in [0.2, 0.25) is 0 Å². The van der Waals surface area contributed by atoms with E-state index in [1.54, 1.807) is 11.8 Å². The Morgan fingerprint density at radius 1 is 1.41 bits per heavy atom. The van der Waals surface area contributed by atoms with E-state index in [0.717, 1.165) is 35.5 Å². The van der Waals surface area contributed by atoms with Gasteiger partial charge in [0.2, 0.25) is 0 Å². The molecule has 1 amide bonds. The molecule has 1 aliphatic heterocycles. The van der Waals surface area contributed by atoms with Crippen molar-refractivity contribution in [1.29, 1.82) is 0 Å². The number of fused-ring (bicyclic) bond motifs is 1. The second kappa shape index (κ2) is 7.17. The standard InChI is InChI=1S/C15H18N4OS.ClH/c1-9-11(4-3-5-13(9)21-2)17-15(20)14-10-8-16-7-6-12(10)18-19-14;/h3-5,16H,6-8H2,1-2H3,(H,17,20)(H,18,19);1H. The van der Waals surface area contributed by atoms with Crippen LogP contribution in [-0.4, -0.2) is 28.9 Å². The van der Waals surface area contributed by atoms with E-state index in [9.17, 15) is 4.79 Å². The van der Waals surface area contributed by atoms with E-state index in [1.807, 2.05) is 25.3 Å². The van der Waals surface area contributed by atoms with E-state index in [2.05, 4.69) is 26.9 Å². The summed E-state index contributed by atoms with van der Waals surface area (Å²) >= 11 is 1.67. The summed E-state index contributed by atoms with van der Waals surface area (Å²) in [5.74, 6) is -0.155. The number of benzene rings is 1. The summed E-state index contributed by atoms with van der Waals surface area (Å²) in [7, 11) is 0. The number of hydrogen-bond acceptors (Lipinski definition) is 4. The Bertz CT molecular complexity index is 686. The fourth-order valence-corrected chi connectivity index (χ4v) is 3.20. The molecule has 0 saturated carbocycles. The van der Waals surface area contributed by atoms with Gasteiger partial charge < -0.3 is 10.6 Å². The molecule has 5 nitrogen and oxygen atoms in total. The number of hydrogen-bond donors (Lipinski definition) is 3. The van der Waals surface area contributed by atoms with Gasteiger partial charge in [-0.25, -0.2) is 0 Å². The van der Waals surface area contributed by atoms with Crippen molar-refractivity contribution in [3.63, 3.8) is 0 Å². The smallest absolute Gasteiger partial charge is 0.276 e. The van der Waals surface area contributed by atoms with Crippen LogP contribution in [0.5, 0.6) is 0 Å². The van der Waals surface area contributed by atoms with Crippen LogP contribution < -0.4 is 10.6 Å². The maximum atomic E-state index is 12.5. The van der Waals surface area contributed by atoms with Crippen molar-refractivity contribution in [2.24, 2.45) is 0 Å². The Morgan fingerprint density at radius 2 is 2.23 bits per heavy atom. The molecule has 0 radical (unpaired) electrons. The zero-order valence-electron chi connectivity index (χ0n) is 12.5. The van der Waals surface area contributed by atoms with Gasteiger partial charge in [-0.15, -0.1) is 24.2 Å². The second-order valence-corrected chi connectivity index (χ2v) is 5.89. The molecule has 118 valence electrons. The van der Waals surface area contributed by atoms with Crippen molar-refractivity contribution in [3.8, 4) is 0 Å². The fraction of sp³-hybridized carbons (Fsp3) is 0.333. The molecule has 1 aromatic heterocycles. The minimum Gasteiger partial charge on any atom is -0.320 e. The number of carbonyl (C=O) groups is 1. The summed E-state index contributed by atoms with van der Waals surface area (Å²) < 4.78 is 0. The van der Waals surface area contributed by atoms with E-state index in [1.165, 1.54) is 4.90 Å². The lowest BCUT2D eigenvalue weighted by atomic mass is 10.1. The number of amides is 1. The number of aromatic amines is 1. The molecular formula is C15H19ClN4OS. The zero-order valence-corrected chi connectivity index (χ0v) is 14.2. The molecule has 0 aliphatic carbocycles. The highest BCUT2D eigenvalue weighted by Crippen LogP contribution is 2.26. The third-order valence-electron chi connectivity index (χ3n) is 3.77. The lowest BCUT2D eigenvalue weighted by molar-refractivity contribution is 0.102. The van der Waals surface area contributed by atoms with Gasteiger partial charge in [-0.05, 0) is 30.9 Å². The number of carbonyl (C=O) groups excluding carboxylic acids is 1. The minimum atomic E-state index is -0.155. The number of nitrogens with zero attached hydrogens (tertiary/aromatic N) is 1.